The number of rotatable bonds is 5. The van der Waals surface area contributed by atoms with E-state index in [1.54, 1.807) is 26.4 Å². The van der Waals surface area contributed by atoms with Crippen molar-refractivity contribution in [2.24, 2.45) is 0 Å². The first-order chi connectivity index (χ1) is 10.1. The second-order valence-corrected chi connectivity index (χ2v) is 4.83. The third-order valence-electron chi connectivity index (χ3n) is 3.51. The number of benzene rings is 1. The van der Waals surface area contributed by atoms with Crippen molar-refractivity contribution in [2.45, 2.75) is 26.3 Å². The van der Waals surface area contributed by atoms with Crippen molar-refractivity contribution in [1.29, 1.82) is 0 Å². The standard InChI is InChI=1S/C16H20N2O3/c1-5-11(2)18-16(19)9-7-13(17-18)12-6-8-14(20-3)15(10-12)21-4/h6-11H,5H2,1-4H3. The van der Waals surface area contributed by atoms with Crippen LogP contribution in [0.3, 0.4) is 0 Å². The van der Waals surface area contributed by atoms with Gasteiger partial charge in [0.1, 0.15) is 0 Å². The van der Waals surface area contributed by atoms with Crippen LogP contribution in [0.5, 0.6) is 11.5 Å². The summed E-state index contributed by atoms with van der Waals surface area (Å²) in [5.74, 6) is 1.30. The summed E-state index contributed by atoms with van der Waals surface area (Å²) < 4.78 is 12.0. The largest absolute Gasteiger partial charge is 0.493 e. The first-order valence-corrected chi connectivity index (χ1v) is 6.93. The van der Waals surface area contributed by atoms with Crippen LogP contribution in [0, 0.1) is 0 Å². The molecule has 0 spiro atoms. The molecule has 21 heavy (non-hydrogen) atoms. The molecule has 1 heterocycles. The van der Waals surface area contributed by atoms with Crippen molar-refractivity contribution in [1.82, 2.24) is 9.78 Å². The smallest absolute Gasteiger partial charge is 0.267 e. The lowest BCUT2D eigenvalue weighted by atomic mass is 10.1. The molecule has 0 saturated heterocycles. The van der Waals surface area contributed by atoms with Gasteiger partial charge in [-0.3, -0.25) is 4.79 Å². The zero-order valence-corrected chi connectivity index (χ0v) is 12.8. The van der Waals surface area contributed by atoms with E-state index >= 15 is 0 Å². The highest BCUT2D eigenvalue weighted by molar-refractivity contribution is 5.63. The van der Waals surface area contributed by atoms with Gasteiger partial charge in [-0.05, 0) is 37.6 Å². The average molecular weight is 288 g/mol. The molecule has 5 nitrogen and oxygen atoms in total. The van der Waals surface area contributed by atoms with Crippen LogP contribution in [0.1, 0.15) is 26.3 Å². The van der Waals surface area contributed by atoms with Crippen molar-refractivity contribution < 1.29 is 9.47 Å². The van der Waals surface area contributed by atoms with Crippen molar-refractivity contribution in [3.63, 3.8) is 0 Å². The molecule has 0 amide bonds. The molecule has 0 N–H and O–H groups in total. The zero-order chi connectivity index (χ0) is 15.4. The predicted octanol–water partition coefficient (Wildman–Crippen LogP) is 2.90. The van der Waals surface area contributed by atoms with E-state index in [1.807, 2.05) is 32.0 Å². The SMILES string of the molecule is CCC(C)n1nc(-c2ccc(OC)c(OC)c2)ccc1=O. The van der Waals surface area contributed by atoms with Gasteiger partial charge in [-0.2, -0.15) is 5.10 Å². The van der Waals surface area contributed by atoms with E-state index in [2.05, 4.69) is 5.10 Å². The molecule has 1 atom stereocenters. The molecule has 1 aromatic carbocycles. The van der Waals surface area contributed by atoms with Crippen molar-refractivity contribution >= 4 is 0 Å². The molecule has 0 aliphatic heterocycles. The first kappa shape index (κ1) is 15.1. The molecular weight excluding hydrogens is 268 g/mol. The highest BCUT2D eigenvalue weighted by Crippen LogP contribution is 2.31. The maximum absolute atomic E-state index is 11.9. The lowest BCUT2D eigenvalue weighted by Gasteiger charge is -2.13. The minimum atomic E-state index is -0.0893. The Morgan fingerprint density at radius 2 is 1.86 bits per heavy atom. The quantitative estimate of drug-likeness (QED) is 0.849. The van der Waals surface area contributed by atoms with Gasteiger partial charge >= 0.3 is 0 Å². The maximum atomic E-state index is 11.9. The van der Waals surface area contributed by atoms with E-state index in [1.165, 1.54) is 4.68 Å². The van der Waals surface area contributed by atoms with Gasteiger partial charge in [0.25, 0.3) is 5.56 Å². The highest BCUT2D eigenvalue weighted by Gasteiger charge is 2.10. The van der Waals surface area contributed by atoms with Gasteiger partial charge in [0, 0.05) is 11.6 Å². The molecule has 1 unspecified atom stereocenters. The number of nitrogens with zero attached hydrogens (tertiary/aromatic N) is 2. The van der Waals surface area contributed by atoms with Crippen molar-refractivity contribution in [2.75, 3.05) is 14.2 Å². The Morgan fingerprint density at radius 3 is 2.48 bits per heavy atom. The Balaban J connectivity index is 2.49. The number of hydrogen-bond acceptors (Lipinski definition) is 4. The van der Waals surface area contributed by atoms with Crippen LogP contribution in [0.2, 0.25) is 0 Å². The average Bonchev–Trinajstić information content (AvgIpc) is 2.53. The van der Waals surface area contributed by atoms with Crippen molar-refractivity contribution in [3.8, 4) is 22.8 Å². The summed E-state index contributed by atoms with van der Waals surface area (Å²) in [6.45, 7) is 4.01. The minimum Gasteiger partial charge on any atom is -0.493 e. The molecule has 0 saturated carbocycles. The predicted molar refractivity (Wildman–Crippen MR) is 82.0 cm³/mol. The Bertz CT molecular complexity index is 679. The van der Waals surface area contributed by atoms with E-state index in [0.29, 0.717) is 11.5 Å². The molecule has 1 aromatic heterocycles. The Kier molecular flexibility index (Phi) is 4.62. The summed E-state index contributed by atoms with van der Waals surface area (Å²) >= 11 is 0. The molecule has 5 heteroatoms. The molecule has 2 rings (SSSR count). The zero-order valence-electron chi connectivity index (χ0n) is 12.8. The maximum Gasteiger partial charge on any atom is 0.267 e. The molecule has 0 aliphatic carbocycles. The molecular formula is C16H20N2O3. The number of hydrogen-bond donors (Lipinski definition) is 0. The van der Waals surface area contributed by atoms with Crippen molar-refractivity contribution in [3.05, 3.63) is 40.7 Å². The molecule has 2 aromatic rings. The topological polar surface area (TPSA) is 53.4 Å². The summed E-state index contributed by atoms with van der Waals surface area (Å²) in [5, 5.41) is 4.45. The first-order valence-electron chi connectivity index (χ1n) is 6.93. The Morgan fingerprint density at radius 1 is 1.14 bits per heavy atom. The monoisotopic (exact) mass is 288 g/mol. The third kappa shape index (κ3) is 3.07. The van der Waals surface area contributed by atoms with Gasteiger partial charge < -0.3 is 9.47 Å². The minimum absolute atomic E-state index is 0.0672. The number of ether oxygens (including phenoxy) is 2. The van der Waals surface area contributed by atoms with E-state index in [0.717, 1.165) is 17.7 Å². The Labute approximate surface area is 124 Å². The fourth-order valence-corrected chi connectivity index (χ4v) is 2.06. The molecule has 112 valence electrons. The van der Waals surface area contributed by atoms with Crippen LogP contribution in [-0.4, -0.2) is 24.0 Å². The van der Waals surface area contributed by atoms with Crippen LogP contribution < -0.4 is 15.0 Å². The van der Waals surface area contributed by atoms with Gasteiger partial charge in [-0.25, -0.2) is 4.68 Å². The summed E-state index contributed by atoms with van der Waals surface area (Å²) in [7, 11) is 3.19. The summed E-state index contributed by atoms with van der Waals surface area (Å²) in [4.78, 5) is 11.9. The van der Waals surface area contributed by atoms with Crippen LogP contribution in [-0.2, 0) is 0 Å². The van der Waals surface area contributed by atoms with E-state index in [4.69, 9.17) is 9.47 Å². The van der Waals surface area contributed by atoms with E-state index < -0.39 is 0 Å². The number of methoxy groups -OCH3 is 2. The van der Waals surface area contributed by atoms with Gasteiger partial charge in [0.2, 0.25) is 0 Å². The molecule has 0 bridgehead atoms. The normalized spacial score (nSPS) is 12.0. The van der Waals surface area contributed by atoms with E-state index in [9.17, 15) is 4.79 Å². The molecule has 0 aliphatic rings. The van der Waals surface area contributed by atoms with Crippen LogP contribution in [0.15, 0.2) is 35.1 Å². The summed E-state index contributed by atoms with van der Waals surface area (Å²) in [6.07, 6.45) is 0.849. The second kappa shape index (κ2) is 6.43. The molecule has 0 radical (unpaired) electrons. The fraction of sp³-hybridized carbons (Fsp3) is 0.375. The van der Waals surface area contributed by atoms with Gasteiger partial charge in [0.15, 0.2) is 11.5 Å². The van der Waals surface area contributed by atoms with Crippen LogP contribution in [0.25, 0.3) is 11.3 Å². The summed E-state index contributed by atoms with van der Waals surface area (Å²) in [5.41, 5.74) is 1.52. The summed E-state index contributed by atoms with van der Waals surface area (Å²) in [6, 6.07) is 8.92. The van der Waals surface area contributed by atoms with Gasteiger partial charge in [0.05, 0.1) is 26.0 Å². The lowest BCUT2D eigenvalue weighted by molar-refractivity contribution is 0.355. The highest BCUT2D eigenvalue weighted by atomic mass is 16.5. The Hall–Kier alpha value is -2.30. The molecule has 0 fully saturated rings. The second-order valence-electron chi connectivity index (χ2n) is 4.83. The van der Waals surface area contributed by atoms with E-state index in [-0.39, 0.29) is 11.6 Å². The van der Waals surface area contributed by atoms with Gasteiger partial charge in [-0.15, -0.1) is 0 Å². The van der Waals surface area contributed by atoms with Crippen LogP contribution >= 0.6 is 0 Å². The lowest BCUT2D eigenvalue weighted by Crippen LogP contribution is -2.25. The fourth-order valence-electron chi connectivity index (χ4n) is 2.06. The number of aromatic nitrogens is 2. The van der Waals surface area contributed by atoms with Gasteiger partial charge in [-0.1, -0.05) is 6.92 Å². The third-order valence-corrected chi connectivity index (χ3v) is 3.51. The van der Waals surface area contributed by atoms with Crippen LogP contribution in [0.4, 0.5) is 0 Å².